The Kier molecular flexibility index (Phi) is 5.24. The number of hydrogen-bond acceptors (Lipinski definition) is 3. The smallest absolute Gasteiger partial charge is 0.118 e. The number of H-pyrrole nitrogens is 2. The molecular weight excluding hydrogens is 437 g/mol. The SMILES string of the molecule is C[C@@H]1Cc2c([nH]c3ccccc23)C(c2ccc3[nH]c(CN4CC(C#N)C4)cc3c2)N1CC(C)(C)F. The Bertz CT molecular complexity index is 1430. The lowest BCUT2D eigenvalue weighted by Crippen LogP contribution is -2.47. The zero-order valence-corrected chi connectivity index (χ0v) is 20.6. The molecule has 0 aliphatic carbocycles. The number of aromatic nitrogens is 2. The van der Waals surface area contributed by atoms with Crippen molar-refractivity contribution >= 4 is 21.8 Å². The monoisotopic (exact) mass is 469 g/mol. The van der Waals surface area contributed by atoms with Crippen LogP contribution in [0.3, 0.4) is 0 Å². The van der Waals surface area contributed by atoms with Crippen molar-refractivity contribution in [2.75, 3.05) is 19.6 Å². The first-order chi connectivity index (χ1) is 16.8. The fourth-order valence-electron chi connectivity index (χ4n) is 6.03. The number of nitriles is 1. The number of para-hydroxylation sites is 1. The van der Waals surface area contributed by atoms with Gasteiger partial charge >= 0.3 is 0 Å². The molecule has 1 unspecified atom stereocenters. The first-order valence-corrected chi connectivity index (χ1v) is 12.6. The molecule has 5 nitrogen and oxygen atoms in total. The number of fused-ring (bicyclic) bond motifs is 4. The molecule has 180 valence electrons. The van der Waals surface area contributed by atoms with Crippen LogP contribution in [0.1, 0.15) is 49.3 Å². The Labute approximate surface area is 205 Å². The lowest BCUT2D eigenvalue weighted by atomic mass is 9.87. The van der Waals surface area contributed by atoms with Crippen LogP contribution in [0.4, 0.5) is 4.39 Å². The Hall–Kier alpha value is -3.14. The first kappa shape index (κ1) is 22.3. The van der Waals surface area contributed by atoms with Gasteiger partial charge in [-0.05, 0) is 62.6 Å². The van der Waals surface area contributed by atoms with Gasteiger partial charge in [-0.1, -0.05) is 24.3 Å². The van der Waals surface area contributed by atoms with Crippen molar-refractivity contribution in [1.29, 1.82) is 5.26 Å². The summed E-state index contributed by atoms with van der Waals surface area (Å²) >= 11 is 0. The van der Waals surface area contributed by atoms with Crippen molar-refractivity contribution in [3.05, 3.63) is 71.0 Å². The number of alkyl halides is 1. The summed E-state index contributed by atoms with van der Waals surface area (Å²) in [6, 6.07) is 19.8. The van der Waals surface area contributed by atoms with E-state index in [0.29, 0.717) is 6.54 Å². The van der Waals surface area contributed by atoms with Crippen LogP contribution in [0.2, 0.25) is 0 Å². The molecule has 0 bridgehead atoms. The second kappa shape index (κ2) is 8.22. The number of aromatic amines is 2. The average molecular weight is 470 g/mol. The minimum Gasteiger partial charge on any atom is -0.357 e. The lowest BCUT2D eigenvalue weighted by molar-refractivity contribution is 0.0668. The van der Waals surface area contributed by atoms with Crippen LogP contribution in [0.25, 0.3) is 21.8 Å². The predicted molar refractivity (Wildman–Crippen MR) is 138 cm³/mol. The Morgan fingerprint density at radius 3 is 2.66 bits per heavy atom. The summed E-state index contributed by atoms with van der Waals surface area (Å²) in [5.74, 6) is 0.163. The van der Waals surface area contributed by atoms with Crippen LogP contribution in [0, 0.1) is 17.2 Å². The zero-order chi connectivity index (χ0) is 24.3. The number of halogens is 1. The highest BCUT2D eigenvalue weighted by Gasteiger charge is 2.38. The van der Waals surface area contributed by atoms with Gasteiger partial charge in [-0.15, -0.1) is 0 Å². The second-order valence-electron chi connectivity index (χ2n) is 11.1. The van der Waals surface area contributed by atoms with Crippen molar-refractivity contribution in [2.24, 2.45) is 5.92 Å². The topological polar surface area (TPSA) is 61.9 Å². The first-order valence-electron chi connectivity index (χ1n) is 12.6. The van der Waals surface area contributed by atoms with Crippen molar-refractivity contribution < 1.29 is 4.39 Å². The van der Waals surface area contributed by atoms with Gasteiger partial charge in [-0.3, -0.25) is 9.80 Å². The van der Waals surface area contributed by atoms with Gasteiger partial charge in [0, 0.05) is 65.4 Å². The van der Waals surface area contributed by atoms with E-state index in [9.17, 15) is 0 Å². The standard InChI is InChI=1S/C29H32FN5/c1-18-10-24-23-6-4-5-7-26(23)33-27(24)28(35(18)17-29(2,3)30)20-8-9-25-21(11-20)12-22(32-25)16-34-14-19(13-31)15-34/h4-9,11-12,18-19,28,32-33H,10,14-17H2,1-3H3/t18-,28?/m1/s1. The summed E-state index contributed by atoms with van der Waals surface area (Å²) in [5, 5.41) is 11.5. The van der Waals surface area contributed by atoms with E-state index >= 15 is 4.39 Å². The molecule has 2 N–H and O–H groups in total. The van der Waals surface area contributed by atoms with Gasteiger partial charge < -0.3 is 9.97 Å². The van der Waals surface area contributed by atoms with E-state index in [0.717, 1.165) is 37.1 Å². The van der Waals surface area contributed by atoms with Gasteiger partial charge in [-0.2, -0.15) is 5.26 Å². The van der Waals surface area contributed by atoms with Crippen molar-refractivity contribution in [3.8, 4) is 6.07 Å². The summed E-state index contributed by atoms with van der Waals surface area (Å²) < 4.78 is 15.0. The van der Waals surface area contributed by atoms with E-state index in [4.69, 9.17) is 5.26 Å². The molecule has 1 fully saturated rings. The maximum Gasteiger partial charge on any atom is 0.118 e. The molecule has 4 heterocycles. The third-order valence-electron chi connectivity index (χ3n) is 7.63. The van der Waals surface area contributed by atoms with E-state index in [1.807, 2.05) is 0 Å². The highest BCUT2D eigenvalue weighted by atomic mass is 19.1. The predicted octanol–water partition coefficient (Wildman–Crippen LogP) is 5.69. The minimum atomic E-state index is -1.29. The molecule has 2 aromatic carbocycles. The number of rotatable bonds is 5. The maximum atomic E-state index is 15.0. The van der Waals surface area contributed by atoms with Crippen LogP contribution in [0.15, 0.2) is 48.5 Å². The Morgan fingerprint density at radius 2 is 1.89 bits per heavy atom. The third kappa shape index (κ3) is 4.03. The third-order valence-corrected chi connectivity index (χ3v) is 7.63. The van der Waals surface area contributed by atoms with E-state index < -0.39 is 5.67 Å². The van der Waals surface area contributed by atoms with Gasteiger partial charge in [0.05, 0.1) is 18.0 Å². The minimum absolute atomic E-state index is 0.0364. The maximum absolute atomic E-state index is 15.0. The zero-order valence-electron chi connectivity index (χ0n) is 20.6. The molecule has 0 spiro atoms. The molecule has 0 amide bonds. The highest BCUT2D eigenvalue weighted by Crippen LogP contribution is 2.42. The summed E-state index contributed by atoms with van der Waals surface area (Å²) in [6.07, 6.45) is 0.905. The molecular formula is C29H32FN5. The van der Waals surface area contributed by atoms with Gasteiger partial charge in [0.2, 0.25) is 0 Å². The molecule has 2 aliphatic rings. The summed E-state index contributed by atoms with van der Waals surface area (Å²) in [4.78, 5) is 11.9. The van der Waals surface area contributed by atoms with E-state index in [2.05, 4.69) is 81.3 Å². The van der Waals surface area contributed by atoms with Crippen molar-refractivity contribution in [3.63, 3.8) is 0 Å². The average Bonchev–Trinajstić information content (AvgIpc) is 3.35. The largest absolute Gasteiger partial charge is 0.357 e. The molecule has 2 atom stereocenters. The molecule has 6 rings (SSSR count). The summed E-state index contributed by atoms with van der Waals surface area (Å²) in [5.41, 5.74) is 5.85. The number of likely N-dealkylation sites (tertiary alicyclic amines) is 1. The molecule has 0 radical (unpaired) electrons. The van der Waals surface area contributed by atoms with Gasteiger partial charge in [-0.25, -0.2) is 4.39 Å². The van der Waals surface area contributed by atoms with E-state index in [1.165, 1.54) is 33.3 Å². The molecule has 1 saturated heterocycles. The molecule has 35 heavy (non-hydrogen) atoms. The van der Waals surface area contributed by atoms with Gasteiger partial charge in [0.15, 0.2) is 0 Å². The fourth-order valence-corrected chi connectivity index (χ4v) is 6.03. The lowest BCUT2D eigenvalue weighted by Gasteiger charge is -2.43. The number of nitrogens with one attached hydrogen (secondary N) is 2. The van der Waals surface area contributed by atoms with E-state index in [-0.39, 0.29) is 18.0 Å². The fraction of sp³-hybridized carbons (Fsp3) is 0.414. The number of hydrogen-bond donors (Lipinski definition) is 2. The van der Waals surface area contributed by atoms with Crippen LogP contribution in [-0.2, 0) is 13.0 Å². The summed E-state index contributed by atoms with van der Waals surface area (Å²) in [6.45, 7) is 8.45. The molecule has 2 aromatic heterocycles. The molecule has 2 aliphatic heterocycles. The molecule has 0 saturated carbocycles. The summed E-state index contributed by atoms with van der Waals surface area (Å²) in [7, 11) is 0. The van der Waals surface area contributed by atoms with Crippen LogP contribution < -0.4 is 0 Å². The quantitative estimate of drug-likeness (QED) is 0.395. The van der Waals surface area contributed by atoms with Crippen LogP contribution in [-0.4, -0.2) is 51.1 Å². The number of nitrogens with zero attached hydrogens (tertiary/aromatic N) is 3. The highest BCUT2D eigenvalue weighted by molar-refractivity contribution is 5.86. The van der Waals surface area contributed by atoms with E-state index in [1.54, 1.807) is 13.8 Å². The Morgan fingerprint density at radius 1 is 1.09 bits per heavy atom. The van der Waals surface area contributed by atoms with Crippen LogP contribution >= 0.6 is 0 Å². The normalized spacial score (nSPS) is 21.8. The van der Waals surface area contributed by atoms with Crippen molar-refractivity contribution in [2.45, 2.75) is 51.5 Å². The van der Waals surface area contributed by atoms with Crippen molar-refractivity contribution in [1.82, 2.24) is 19.8 Å². The Balaban J connectivity index is 1.40. The van der Waals surface area contributed by atoms with Crippen LogP contribution in [0.5, 0.6) is 0 Å². The molecule has 6 heteroatoms. The van der Waals surface area contributed by atoms with Gasteiger partial charge in [0.25, 0.3) is 0 Å². The molecule has 4 aromatic rings. The number of benzene rings is 2. The van der Waals surface area contributed by atoms with Gasteiger partial charge in [0.1, 0.15) is 5.67 Å². The second-order valence-corrected chi connectivity index (χ2v) is 11.1.